The second kappa shape index (κ2) is 5.22. The average Bonchev–Trinajstić information content (AvgIpc) is 2.32. The largest absolute Gasteiger partial charge is 0.279 e. The first-order valence-electron chi connectivity index (χ1n) is 5.05. The summed E-state index contributed by atoms with van der Waals surface area (Å²) in [6.07, 6.45) is 0. The third kappa shape index (κ3) is 2.98. The minimum atomic E-state index is -3.61. The number of para-hydroxylation sites is 1. The van der Waals surface area contributed by atoms with Crippen molar-refractivity contribution >= 4 is 39.9 Å². The highest BCUT2D eigenvalue weighted by Gasteiger charge is 2.14. The van der Waals surface area contributed by atoms with Gasteiger partial charge >= 0.3 is 0 Å². The van der Waals surface area contributed by atoms with Gasteiger partial charge in [-0.1, -0.05) is 23.7 Å². The Bertz CT molecular complexity index is 654. The molecule has 0 amide bonds. The van der Waals surface area contributed by atoms with Crippen molar-refractivity contribution in [3.8, 4) is 0 Å². The molecule has 0 spiro atoms. The van der Waals surface area contributed by atoms with Crippen LogP contribution in [0.25, 0.3) is 0 Å². The van der Waals surface area contributed by atoms with Gasteiger partial charge in [0.15, 0.2) is 0 Å². The Morgan fingerprint density at radius 1 is 1.00 bits per heavy atom. The zero-order valence-electron chi connectivity index (χ0n) is 9.17. The maximum absolute atomic E-state index is 12.1. The molecule has 3 nitrogen and oxygen atoms in total. The van der Waals surface area contributed by atoms with Gasteiger partial charge in [-0.05, 0) is 36.4 Å². The molecule has 2 rings (SSSR count). The molecule has 0 radical (unpaired) electrons. The zero-order valence-corrected chi connectivity index (χ0v) is 11.6. The van der Waals surface area contributed by atoms with Gasteiger partial charge in [0.1, 0.15) is 0 Å². The van der Waals surface area contributed by atoms with Crippen molar-refractivity contribution in [1.82, 2.24) is 0 Å². The van der Waals surface area contributed by atoms with E-state index in [0.29, 0.717) is 15.6 Å². The molecule has 0 atom stereocenters. The summed E-state index contributed by atoms with van der Waals surface area (Å²) >= 11 is 9.91. The van der Waals surface area contributed by atoms with Crippen LogP contribution in [0.2, 0.25) is 5.02 Å². The lowest BCUT2D eigenvalue weighted by Gasteiger charge is -2.09. The minimum Gasteiger partial charge on any atom is -0.279 e. The van der Waals surface area contributed by atoms with Crippen molar-refractivity contribution in [2.45, 2.75) is 9.79 Å². The first-order chi connectivity index (χ1) is 8.49. The van der Waals surface area contributed by atoms with Crippen molar-refractivity contribution in [3.05, 3.63) is 53.6 Å². The van der Waals surface area contributed by atoms with Crippen LogP contribution in [0.15, 0.2) is 58.3 Å². The van der Waals surface area contributed by atoms with Gasteiger partial charge in [0.05, 0.1) is 10.6 Å². The summed E-state index contributed by atoms with van der Waals surface area (Å²) in [6.45, 7) is 0. The van der Waals surface area contributed by atoms with E-state index >= 15 is 0 Å². The molecule has 0 fully saturated rings. The summed E-state index contributed by atoms with van der Waals surface area (Å²) in [4.78, 5) is 0.721. The number of halogens is 1. The van der Waals surface area contributed by atoms with Gasteiger partial charge < -0.3 is 0 Å². The Hall–Kier alpha value is -1.17. The van der Waals surface area contributed by atoms with E-state index in [2.05, 4.69) is 17.4 Å². The Labute approximate surface area is 116 Å². The molecule has 0 bridgehead atoms. The topological polar surface area (TPSA) is 46.2 Å². The van der Waals surface area contributed by atoms with E-state index in [0.717, 1.165) is 0 Å². The molecule has 0 aliphatic heterocycles. The van der Waals surface area contributed by atoms with E-state index < -0.39 is 10.0 Å². The lowest BCUT2D eigenvalue weighted by atomic mass is 10.3. The quantitative estimate of drug-likeness (QED) is 0.853. The van der Waals surface area contributed by atoms with Gasteiger partial charge in [-0.2, -0.15) is 0 Å². The maximum atomic E-state index is 12.1. The summed E-state index contributed by atoms with van der Waals surface area (Å²) < 4.78 is 26.6. The van der Waals surface area contributed by atoms with Crippen LogP contribution < -0.4 is 4.72 Å². The normalized spacial score (nSPS) is 11.2. The van der Waals surface area contributed by atoms with E-state index in [1.807, 2.05) is 0 Å². The van der Waals surface area contributed by atoms with Crippen LogP contribution in [0.5, 0.6) is 0 Å². The van der Waals surface area contributed by atoms with E-state index in [1.54, 1.807) is 24.3 Å². The monoisotopic (exact) mass is 299 g/mol. The van der Waals surface area contributed by atoms with Crippen molar-refractivity contribution < 1.29 is 8.42 Å². The van der Waals surface area contributed by atoms with E-state index in [-0.39, 0.29) is 4.90 Å². The molecule has 6 heteroatoms. The van der Waals surface area contributed by atoms with Crippen LogP contribution in [0, 0.1) is 0 Å². The van der Waals surface area contributed by atoms with E-state index in [4.69, 9.17) is 11.6 Å². The Morgan fingerprint density at radius 2 is 1.61 bits per heavy atom. The van der Waals surface area contributed by atoms with Gasteiger partial charge in [0.25, 0.3) is 10.0 Å². The number of anilines is 1. The zero-order chi connectivity index (χ0) is 13.2. The number of thiol groups is 1. The second-order valence-electron chi connectivity index (χ2n) is 3.58. The average molecular weight is 300 g/mol. The van der Waals surface area contributed by atoms with Crippen LogP contribution in [0.1, 0.15) is 0 Å². The lowest BCUT2D eigenvalue weighted by Crippen LogP contribution is -2.13. The Balaban J connectivity index is 2.33. The molecule has 0 aromatic heterocycles. The molecule has 0 unspecified atom stereocenters. The van der Waals surface area contributed by atoms with Gasteiger partial charge in [-0.25, -0.2) is 8.42 Å². The molecule has 0 saturated carbocycles. The molecule has 18 heavy (non-hydrogen) atoms. The predicted molar refractivity (Wildman–Crippen MR) is 76.0 cm³/mol. The fourth-order valence-electron chi connectivity index (χ4n) is 1.38. The van der Waals surface area contributed by atoms with Gasteiger partial charge in [0, 0.05) is 9.92 Å². The third-order valence-corrected chi connectivity index (χ3v) is 4.30. The molecule has 94 valence electrons. The number of hydrogen-bond donors (Lipinski definition) is 2. The number of benzene rings is 2. The molecule has 0 aliphatic carbocycles. The molecular weight excluding hydrogens is 290 g/mol. The first kappa shape index (κ1) is 13.3. The summed E-state index contributed by atoms with van der Waals surface area (Å²) in [5.74, 6) is 0. The molecule has 0 saturated heterocycles. The predicted octanol–water partition coefficient (Wildman–Crippen LogP) is 3.43. The summed E-state index contributed by atoms with van der Waals surface area (Å²) in [5, 5.41) is 0.489. The van der Waals surface area contributed by atoms with Gasteiger partial charge in [-0.15, -0.1) is 12.6 Å². The van der Waals surface area contributed by atoms with Crippen molar-refractivity contribution in [2.24, 2.45) is 0 Å². The Morgan fingerprint density at radius 3 is 2.22 bits per heavy atom. The SMILES string of the molecule is O=S(=O)(Nc1ccccc1S)c1ccc(Cl)cc1. The highest BCUT2D eigenvalue weighted by Crippen LogP contribution is 2.23. The second-order valence-corrected chi connectivity index (χ2v) is 6.18. The smallest absolute Gasteiger partial charge is 0.261 e. The van der Waals surface area contributed by atoms with Crippen molar-refractivity contribution in [3.63, 3.8) is 0 Å². The summed E-state index contributed by atoms with van der Waals surface area (Å²) in [5.41, 5.74) is 0.441. The lowest BCUT2D eigenvalue weighted by molar-refractivity contribution is 0.601. The van der Waals surface area contributed by atoms with Crippen LogP contribution >= 0.6 is 24.2 Å². The van der Waals surface area contributed by atoms with Crippen LogP contribution in [-0.4, -0.2) is 8.42 Å². The minimum absolute atomic E-state index is 0.156. The molecule has 2 aromatic carbocycles. The molecule has 0 heterocycles. The van der Waals surface area contributed by atoms with Crippen molar-refractivity contribution in [1.29, 1.82) is 0 Å². The molecule has 2 aromatic rings. The highest BCUT2D eigenvalue weighted by atomic mass is 35.5. The molecule has 0 aliphatic rings. The fraction of sp³-hybridized carbons (Fsp3) is 0. The molecule has 1 N–H and O–H groups in total. The highest BCUT2D eigenvalue weighted by molar-refractivity contribution is 7.92. The van der Waals surface area contributed by atoms with E-state index in [9.17, 15) is 8.42 Å². The number of sulfonamides is 1. The maximum Gasteiger partial charge on any atom is 0.261 e. The number of hydrogen-bond acceptors (Lipinski definition) is 3. The number of rotatable bonds is 3. The third-order valence-electron chi connectivity index (χ3n) is 2.27. The summed E-state index contributed by atoms with van der Waals surface area (Å²) in [6, 6.07) is 12.8. The van der Waals surface area contributed by atoms with Crippen LogP contribution in [0.4, 0.5) is 5.69 Å². The Kier molecular flexibility index (Phi) is 3.85. The first-order valence-corrected chi connectivity index (χ1v) is 7.36. The molecular formula is C12H10ClNO2S2. The summed E-state index contributed by atoms with van der Waals surface area (Å²) in [7, 11) is -3.61. The van der Waals surface area contributed by atoms with Crippen molar-refractivity contribution in [2.75, 3.05) is 4.72 Å². The van der Waals surface area contributed by atoms with Gasteiger partial charge in [0.2, 0.25) is 0 Å². The van der Waals surface area contributed by atoms with E-state index in [1.165, 1.54) is 24.3 Å². The van der Waals surface area contributed by atoms with Gasteiger partial charge in [-0.3, -0.25) is 4.72 Å². The fourth-order valence-corrected chi connectivity index (χ4v) is 2.88. The standard InChI is InChI=1S/C12H10ClNO2S2/c13-9-5-7-10(8-6-9)18(15,16)14-11-3-1-2-4-12(11)17/h1-8,14,17H. The number of nitrogens with one attached hydrogen (secondary N) is 1. The van der Waals surface area contributed by atoms with Crippen LogP contribution in [0.3, 0.4) is 0 Å². The van der Waals surface area contributed by atoms with Crippen LogP contribution in [-0.2, 0) is 10.0 Å².